The highest BCUT2D eigenvalue weighted by molar-refractivity contribution is 5.75. The van der Waals surface area contributed by atoms with Crippen LogP contribution in [-0.4, -0.2) is 29.4 Å². The van der Waals surface area contributed by atoms with E-state index in [4.69, 9.17) is 0 Å². The third kappa shape index (κ3) is 2.44. The molecule has 5 rings (SSSR count). The molecule has 1 spiro atoms. The third-order valence-electron chi connectivity index (χ3n) is 7.20. The van der Waals surface area contributed by atoms with Crippen molar-refractivity contribution in [1.82, 2.24) is 4.90 Å². The van der Waals surface area contributed by atoms with Gasteiger partial charge >= 0.3 is 0 Å². The molecule has 140 valence electrons. The lowest BCUT2D eigenvalue weighted by Gasteiger charge is -2.55. The number of carbonyl (C=O) groups excluding carboxylic acids is 1. The van der Waals surface area contributed by atoms with Gasteiger partial charge in [-0.2, -0.15) is 0 Å². The number of hydrogen-bond donors (Lipinski definition) is 0. The summed E-state index contributed by atoms with van der Waals surface area (Å²) < 4.78 is 0. The summed E-state index contributed by atoms with van der Waals surface area (Å²) in [4.78, 5) is 17.3. The molecule has 2 aromatic carbocycles. The Kier molecular flexibility index (Phi) is 3.99. The van der Waals surface area contributed by atoms with E-state index in [1.165, 1.54) is 36.1 Å². The first-order valence-corrected chi connectivity index (χ1v) is 10.4. The number of carbonyl (C=O) groups is 1. The van der Waals surface area contributed by atoms with Gasteiger partial charge in [-0.05, 0) is 49.3 Å². The van der Waals surface area contributed by atoms with Gasteiger partial charge in [0.15, 0.2) is 0 Å². The zero-order chi connectivity index (χ0) is 18.4. The first-order valence-electron chi connectivity index (χ1n) is 10.4. The Labute approximate surface area is 162 Å². The topological polar surface area (TPSA) is 23.6 Å². The average Bonchev–Trinajstić information content (AvgIpc) is 2.97. The normalized spacial score (nSPS) is 29.1. The van der Waals surface area contributed by atoms with Crippen molar-refractivity contribution in [3.05, 3.63) is 65.7 Å². The number of likely N-dealkylation sites (tertiary alicyclic amines) is 1. The minimum atomic E-state index is 0.105. The van der Waals surface area contributed by atoms with Gasteiger partial charge in [-0.3, -0.25) is 4.79 Å². The molecule has 0 unspecified atom stereocenters. The van der Waals surface area contributed by atoms with Crippen LogP contribution in [0.3, 0.4) is 0 Å². The van der Waals surface area contributed by atoms with E-state index in [-0.39, 0.29) is 11.3 Å². The van der Waals surface area contributed by atoms with Crippen molar-refractivity contribution in [2.24, 2.45) is 0 Å². The fraction of sp³-hybridized carbons (Fsp3) is 0.458. The Morgan fingerprint density at radius 2 is 1.74 bits per heavy atom. The number of rotatable bonds is 2. The Morgan fingerprint density at radius 1 is 1.00 bits per heavy atom. The molecule has 3 heteroatoms. The predicted octanol–water partition coefficient (Wildman–Crippen LogP) is 4.51. The lowest BCUT2D eigenvalue weighted by Crippen LogP contribution is -2.63. The molecule has 1 saturated heterocycles. The molecule has 27 heavy (non-hydrogen) atoms. The maximum atomic E-state index is 12.4. The number of nitrogens with zero attached hydrogens (tertiary/aromatic N) is 2. The summed E-state index contributed by atoms with van der Waals surface area (Å²) in [7, 11) is 0. The smallest absolute Gasteiger partial charge is 0.219 e. The number of benzene rings is 2. The van der Waals surface area contributed by atoms with Crippen LogP contribution < -0.4 is 4.90 Å². The van der Waals surface area contributed by atoms with Crippen molar-refractivity contribution in [2.75, 3.05) is 11.4 Å². The molecule has 3 aliphatic rings. The van der Waals surface area contributed by atoms with Crippen LogP contribution in [0.15, 0.2) is 54.6 Å². The van der Waals surface area contributed by atoms with Crippen LogP contribution in [0.2, 0.25) is 0 Å². The maximum Gasteiger partial charge on any atom is 0.219 e. The standard InChI is InChI=1S/C24H28N2O/c1-18(27)25-16-8-15-24-20-11-5-6-12-21(20)26(17-19-9-3-2-4-10-19)23(24)14-7-13-22(24)25/h2-6,9-12,22-23H,7-8,13-17H2,1H3/t22-,23+,24-/m0/s1. The molecule has 3 atom stereocenters. The van der Waals surface area contributed by atoms with E-state index >= 15 is 0 Å². The molecule has 3 nitrogen and oxygen atoms in total. The summed E-state index contributed by atoms with van der Waals surface area (Å²) in [5.41, 5.74) is 4.35. The quantitative estimate of drug-likeness (QED) is 0.787. The molecular weight excluding hydrogens is 332 g/mol. The van der Waals surface area contributed by atoms with E-state index in [2.05, 4.69) is 64.4 Å². The van der Waals surface area contributed by atoms with Crippen LogP contribution >= 0.6 is 0 Å². The van der Waals surface area contributed by atoms with Crippen LogP contribution in [0.25, 0.3) is 0 Å². The highest BCUT2D eigenvalue weighted by Crippen LogP contribution is 2.57. The van der Waals surface area contributed by atoms with Crippen molar-refractivity contribution in [3.8, 4) is 0 Å². The second kappa shape index (κ2) is 6.40. The molecule has 0 radical (unpaired) electrons. The molecule has 2 aromatic rings. The summed E-state index contributed by atoms with van der Waals surface area (Å²) in [6.07, 6.45) is 5.89. The molecule has 0 N–H and O–H groups in total. The van der Waals surface area contributed by atoms with Crippen LogP contribution in [0.1, 0.15) is 50.2 Å². The highest BCUT2D eigenvalue weighted by atomic mass is 16.2. The number of amides is 1. The number of para-hydroxylation sites is 1. The Balaban J connectivity index is 1.62. The number of hydrogen-bond acceptors (Lipinski definition) is 2. The summed E-state index contributed by atoms with van der Waals surface area (Å²) in [5, 5.41) is 0. The first-order chi connectivity index (χ1) is 13.2. The predicted molar refractivity (Wildman–Crippen MR) is 109 cm³/mol. The van der Waals surface area contributed by atoms with E-state index in [0.29, 0.717) is 12.1 Å². The maximum absolute atomic E-state index is 12.4. The van der Waals surface area contributed by atoms with Gasteiger partial charge in [-0.1, -0.05) is 48.5 Å². The summed E-state index contributed by atoms with van der Waals surface area (Å²) >= 11 is 0. The summed E-state index contributed by atoms with van der Waals surface area (Å²) in [5.74, 6) is 0.249. The minimum absolute atomic E-state index is 0.105. The van der Waals surface area contributed by atoms with E-state index in [1.807, 2.05) is 0 Å². The Hall–Kier alpha value is -2.29. The zero-order valence-electron chi connectivity index (χ0n) is 16.1. The largest absolute Gasteiger partial charge is 0.363 e. The van der Waals surface area contributed by atoms with Crippen molar-refractivity contribution in [1.29, 1.82) is 0 Å². The van der Waals surface area contributed by atoms with Gasteiger partial charge in [0.25, 0.3) is 0 Å². The second-order valence-corrected chi connectivity index (χ2v) is 8.45. The number of fused-ring (bicyclic) bond motifs is 1. The minimum Gasteiger partial charge on any atom is -0.363 e. The van der Waals surface area contributed by atoms with Crippen molar-refractivity contribution >= 4 is 11.6 Å². The molecule has 2 aliphatic heterocycles. The van der Waals surface area contributed by atoms with E-state index in [9.17, 15) is 4.79 Å². The van der Waals surface area contributed by atoms with Crippen molar-refractivity contribution in [3.63, 3.8) is 0 Å². The third-order valence-corrected chi connectivity index (χ3v) is 7.20. The summed E-state index contributed by atoms with van der Waals surface area (Å²) in [6, 6.07) is 20.7. The van der Waals surface area contributed by atoms with Gasteiger partial charge in [-0.15, -0.1) is 0 Å². The average molecular weight is 361 g/mol. The van der Waals surface area contributed by atoms with Crippen molar-refractivity contribution in [2.45, 2.75) is 63.1 Å². The van der Waals surface area contributed by atoms with Gasteiger partial charge in [0.2, 0.25) is 5.91 Å². The van der Waals surface area contributed by atoms with Gasteiger partial charge in [0.05, 0.1) is 0 Å². The zero-order valence-corrected chi connectivity index (χ0v) is 16.1. The monoisotopic (exact) mass is 360 g/mol. The van der Waals surface area contributed by atoms with Crippen molar-refractivity contribution < 1.29 is 4.79 Å². The van der Waals surface area contributed by atoms with Gasteiger partial charge in [-0.25, -0.2) is 0 Å². The second-order valence-electron chi connectivity index (χ2n) is 8.45. The lowest BCUT2D eigenvalue weighted by molar-refractivity contribution is -0.136. The summed E-state index contributed by atoms with van der Waals surface area (Å²) in [6.45, 7) is 3.64. The molecule has 0 aromatic heterocycles. The SMILES string of the molecule is CC(=O)N1CCC[C@@]23c4ccccc4N(Cc4ccccc4)[C@@H]2CCC[C@H]13. The highest BCUT2D eigenvalue weighted by Gasteiger charge is 2.59. The van der Waals surface area contributed by atoms with Crippen LogP contribution in [0.5, 0.6) is 0 Å². The van der Waals surface area contributed by atoms with E-state index in [1.54, 1.807) is 6.92 Å². The van der Waals surface area contributed by atoms with Gasteiger partial charge in [0, 0.05) is 43.2 Å². The molecule has 1 amide bonds. The van der Waals surface area contributed by atoms with Gasteiger partial charge in [0.1, 0.15) is 0 Å². The van der Waals surface area contributed by atoms with E-state index < -0.39 is 0 Å². The Morgan fingerprint density at radius 3 is 2.56 bits per heavy atom. The van der Waals surface area contributed by atoms with Crippen LogP contribution in [0, 0.1) is 0 Å². The Bertz CT molecular complexity index is 848. The first kappa shape index (κ1) is 16.9. The molecule has 2 heterocycles. The molecule has 1 saturated carbocycles. The number of anilines is 1. The molecule has 1 aliphatic carbocycles. The lowest BCUT2D eigenvalue weighted by atomic mass is 9.60. The fourth-order valence-electron chi connectivity index (χ4n) is 6.27. The van der Waals surface area contributed by atoms with Crippen LogP contribution in [-0.2, 0) is 16.8 Å². The molecule has 2 fully saturated rings. The molecule has 0 bridgehead atoms. The van der Waals surface area contributed by atoms with Gasteiger partial charge < -0.3 is 9.80 Å². The fourth-order valence-corrected chi connectivity index (χ4v) is 6.27. The van der Waals surface area contributed by atoms with E-state index in [0.717, 1.165) is 25.9 Å². The molecular formula is C24H28N2O. The van der Waals surface area contributed by atoms with Crippen LogP contribution in [0.4, 0.5) is 5.69 Å². The number of piperidine rings is 1.